The van der Waals surface area contributed by atoms with Gasteiger partial charge in [-0.05, 0) is 24.6 Å². The van der Waals surface area contributed by atoms with E-state index < -0.39 is 0 Å². The van der Waals surface area contributed by atoms with Crippen molar-refractivity contribution in [3.8, 4) is 0 Å². The van der Waals surface area contributed by atoms with E-state index in [1.807, 2.05) is 63.1 Å². The lowest BCUT2D eigenvalue weighted by Crippen LogP contribution is -2.36. The van der Waals surface area contributed by atoms with Crippen molar-refractivity contribution in [2.75, 3.05) is 40.1 Å². The second-order valence-electron chi connectivity index (χ2n) is 4.91. The number of nitrogens with zero attached hydrogens (tertiary/aromatic N) is 3. The zero-order valence-electron chi connectivity index (χ0n) is 13.0. The summed E-state index contributed by atoms with van der Waals surface area (Å²) in [5, 5.41) is 2.87. The number of aryl methyl sites for hydroxylation is 1. The van der Waals surface area contributed by atoms with Gasteiger partial charge in [-0.25, -0.2) is 4.99 Å². The number of hydrogen-bond acceptors (Lipinski definition) is 2. The molecule has 0 aliphatic rings. The molecule has 0 unspecified atom stereocenters. The summed E-state index contributed by atoms with van der Waals surface area (Å²) in [5.74, 6) is 0.624. The molecule has 0 saturated heterocycles. The fraction of sp³-hybridized carbons (Fsp3) is 0.429. The number of aliphatic imine (C=N–C) groups is 1. The van der Waals surface area contributed by atoms with Crippen molar-refractivity contribution in [1.29, 1.82) is 0 Å². The number of guanidine groups is 1. The standard InChI is InChI=1S/C14H21BrN4O.HI/c1-10-6-7-11(15)8-12(10)17-13(20)9-16-14(18(2)3)19(4)5;/h6-8H,9H2,1-5H3,(H,17,20);1H. The van der Waals surface area contributed by atoms with Gasteiger partial charge in [0.2, 0.25) is 5.91 Å². The van der Waals surface area contributed by atoms with E-state index in [0.717, 1.165) is 21.7 Å². The molecule has 0 aliphatic heterocycles. The number of nitrogens with one attached hydrogen (secondary N) is 1. The Kier molecular flexibility index (Phi) is 8.88. The maximum atomic E-state index is 12.0. The third-order valence-corrected chi connectivity index (χ3v) is 3.13. The van der Waals surface area contributed by atoms with Crippen LogP contribution in [0.4, 0.5) is 5.69 Å². The first kappa shape index (κ1) is 20.2. The summed E-state index contributed by atoms with van der Waals surface area (Å²) in [5.41, 5.74) is 1.82. The molecule has 0 saturated carbocycles. The second-order valence-corrected chi connectivity index (χ2v) is 5.83. The van der Waals surface area contributed by atoms with Gasteiger partial charge in [-0.3, -0.25) is 4.79 Å². The van der Waals surface area contributed by atoms with E-state index in [4.69, 9.17) is 0 Å². The van der Waals surface area contributed by atoms with E-state index in [1.54, 1.807) is 0 Å². The van der Waals surface area contributed by atoms with Gasteiger partial charge >= 0.3 is 0 Å². The molecule has 0 radical (unpaired) electrons. The van der Waals surface area contributed by atoms with Crippen molar-refractivity contribution in [2.24, 2.45) is 4.99 Å². The molecular weight excluding hydrogens is 447 g/mol. The quantitative estimate of drug-likeness (QED) is 0.421. The zero-order valence-corrected chi connectivity index (χ0v) is 16.9. The van der Waals surface area contributed by atoms with Crippen molar-refractivity contribution in [3.05, 3.63) is 28.2 Å². The maximum Gasteiger partial charge on any atom is 0.246 e. The van der Waals surface area contributed by atoms with Crippen LogP contribution in [0.2, 0.25) is 0 Å². The average Bonchev–Trinajstić information content (AvgIpc) is 2.33. The van der Waals surface area contributed by atoms with Crippen LogP contribution >= 0.6 is 39.9 Å². The molecule has 0 heterocycles. The van der Waals surface area contributed by atoms with Gasteiger partial charge in [0, 0.05) is 38.4 Å². The number of rotatable bonds is 3. The van der Waals surface area contributed by atoms with Gasteiger partial charge in [0.1, 0.15) is 6.54 Å². The lowest BCUT2D eigenvalue weighted by atomic mass is 10.2. The molecule has 0 fully saturated rings. The van der Waals surface area contributed by atoms with E-state index in [-0.39, 0.29) is 36.4 Å². The van der Waals surface area contributed by atoms with Gasteiger partial charge in [0.25, 0.3) is 0 Å². The van der Waals surface area contributed by atoms with Crippen LogP contribution < -0.4 is 5.32 Å². The highest BCUT2D eigenvalue weighted by Crippen LogP contribution is 2.20. The van der Waals surface area contributed by atoms with E-state index in [1.165, 1.54) is 0 Å². The molecule has 0 atom stereocenters. The number of amides is 1. The minimum atomic E-state index is -0.132. The largest absolute Gasteiger partial charge is 0.349 e. The van der Waals surface area contributed by atoms with Crippen LogP contribution in [0.3, 0.4) is 0 Å². The molecule has 1 aromatic rings. The summed E-state index contributed by atoms with van der Waals surface area (Å²) in [7, 11) is 7.59. The van der Waals surface area contributed by atoms with E-state index in [9.17, 15) is 4.79 Å². The number of carbonyl (C=O) groups excluding carboxylic acids is 1. The molecular formula is C14H22BrIN4O. The predicted octanol–water partition coefficient (Wildman–Crippen LogP) is 2.79. The molecule has 0 bridgehead atoms. The van der Waals surface area contributed by atoms with E-state index >= 15 is 0 Å². The fourth-order valence-electron chi connectivity index (χ4n) is 1.74. The molecule has 1 rings (SSSR count). The summed E-state index contributed by atoms with van der Waals surface area (Å²) in [6.45, 7) is 2.05. The van der Waals surface area contributed by atoms with Crippen LogP contribution in [0.15, 0.2) is 27.7 Å². The number of benzene rings is 1. The Hall–Kier alpha value is -0.830. The van der Waals surface area contributed by atoms with Gasteiger partial charge < -0.3 is 15.1 Å². The van der Waals surface area contributed by atoms with Gasteiger partial charge in [-0.2, -0.15) is 0 Å². The zero-order chi connectivity index (χ0) is 15.3. The minimum absolute atomic E-state index is 0. The molecule has 1 N–H and O–H groups in total. The van der Waals surface area contributed by atoms with Crippen LogP contribution in [0.1, 0.15) is 5.56 Å². The number of hydrogen-bond donors (Lipinski definition) is 1. The molecule has 0 spiro atoms. The lowest BCUT2D eigenvalue weighted by molar-refractivity contribution is -0.114. The van der Waals surface area contributed by atoms with E-state index in [2.05, 4.69) is 26.2 Å². The lowest BCUT2D eigenvalue weighted by Gasteiger charge is -2.22. The fourth-order valence-corrected chi connectivity index (χ4v) is 2.11. The van der Waals surface area contributed by atoms with Crippen LogP contribution in [0.5, 0.6) is 0 Å². The summed E-state index contributed by atoms with van der Waals surface area (Å²) < 4.78 is 0.934. The highest BCUT2D eigenvalue weighted by molar-refractivity contribution is 14.0. The summed E-state index contributed by atoms with van der Waals surface area (Å²) >= 11 is 3.39. The van der Waals surface area contributed by atoms with Gasteiger partial charge in [0.05, 0.1) is 0 Å². The Morgan fingerprint density at radius 2 is 1.81 bits per heavy atom. The average molecular weight is 469 g/mol. The van der Waals surface area contributed by atoms with Crippen molar-refractivity contribution >= 4 is 57.5 Å². The maximum absolute atomic E-state index is 12.0. The molecule has 118 valence electrons. The smallest absolute Gasteiger partial charge is 0.246 e. The highest BCUT2D eigenvalue weighted by atomic mass is 127. The highest BCUT2D eigenvalue weighted by Gasteiger charge is 2.08. The molecule has 1 amide bonds. The topological polar surface area (TPSA) is 47.9 Å². The first-order chi connectivity index (χ1) is 9.31. The molecule has 1 aromatic carbocycles. The molecule has 21 heavy (non-hydrogen) atoms. The van der Waals surface area contributed by atoms with Crippen LogP contribution in [-0.4, -0.2) is 56.4 Å². The SMILES string of the molecule is Cc1ccc(Br)cc1NC(=O)CN=C(N(C)C)N(C)C.I. The van der Waals surface area contributed by atoms with Gasteiger partial charge in [0.15, 0.2) is 5.96 Å². The van der Waals surface area contributed by atoms with E-state index in [0.29, 0.717) is 0 Å². The summed E-state index contributed by atoms with van der Waals surface area (Å²) in [6.07, 6.45) is 0. The Labute approximate surface area is 151 Å². The molecule has 0 aliphatic carbocycles. The predicted molar refractivity (Wildman–Crippen MR) is 103 cm³/mol. The van der Waals surface area contributed by atoms with Crippen LogP contribution in [-0.2, 0) is 4.79 Å². The Morgan fingerprint density at radius 3 is 2.33 bits per heavy atom. The second kappa shape index (κ2) is 9.24. The Morgan fingerprint density at radius 1 is 1.24 bits per heavy atom. The first-order valence-electron chi connectivity index (χ1n) is 6.26. The van der Waals surface area contributed by atoms with Crippen LogP contribution in [0.25, 0.3) is 0 Å². The van der Waals surface area contributed by atoms with Crippen molar-refractivity contribution < 1.29 is 4.79 Å². The van der Waals surface area contributed by atoms with Crippen molar-refractivity contribution in [1.82, 2.24) is 9.80 Å². The number of carbonyl (C=O) groups is 1. The summed E-state index contributed by atoms with van der Waals surface area (Å²) in [6, 6.07) is 5.78. The van der Waals surface area contributed by atoms with Gasteiger partial charge in [-0.15, -0.1) is 24.0 Å². The van der Waals surface area contributed by atoms with Crippen LogP contribution in [0, 0.1) is 6.92 Å². The summed E-state index contributed by atoms with van der Waals surface area (Å²) in [4.78, 5) is 20.0. The molecule has 7 heteroatoms. The normalized spacial score (nSPS) is 9.43. The van der Waals surface area contributed by atoms with Gasteiger partial charge in [-0.1, -0.05) is 22.0 Å². The third kappa shape index (κ3) is 6.64. The number of anilines is 1. The Bertz CT molecular complexity index is 508. The third-order valence-electron chi connectivity index (χ3n) is 2.64. The minimum Gasteiger partial charge on any atom is -0.349 e. The first-order valence-corrected chi connectivity index (χ1v) is 7.05. The van der Waals surface area contributed by atoms with Crippen molar-refractivity contribution in [2.45, 2.75) is 6.92 Å². The van der Waals surface area contributed by atoms with Crippen molar-refractivity contribution in [3.63, 3.8) is 0 Å². The molecule has 0 aromatic heterocycles. The Balaban J connectivity index is 0.00000400. The monoisotopic (exact) mass is 468 g/mol. The number of halogens is 2. The molecule has 5 nitrogen and oxygen atoms in total.